The van der Waals surface area contributed by atoms with Crippen LogP contribution in [0.15, 0.2) is 84.4 Å². The van der Waals surface area contributed by atoms with E-state index >= 15 is 0 Å². The number of aliphatic hydroxyl groups is 1. The fourth-order valence-corrected chi connectivity index (χ4v) is 3.74. The molecule has 1 aliphatic heterocycles. The van der Waals surface area contributed by atoms with Crippen LogP contribution < -0.4 is 4.90 Å². The van der Waals surface area contributed by atoms with Crippen LogP contribution in [-0.4, -0.2) is 32.8 Å². The minimum atomic E-state index is -1.17. The van der Waals surface area contributed by atoms with Gasteiger partial charge in [-0.05, 0) is 29.8 Å². The maximum atomic E-state index is 13.1. The molecular weight excluding hydrogens is 428 g/mol. The number of rotatable bonds is 5. The molecule has 164 valence electrons. The number of ketones is 1. The maximum absolute atomic E-state index is 13.1. The van der Waals surface area contributed by atoms with Gasteiger partial charge in [-0.1, -0.05) is 42.5 Å². The lowest BCUT2D eigenvalue weighted by Crippen LogP contribution is -2.29. The van der Waals surface area contributed by atoms with Gasteiger partial charge in [0.25, 0.3) is 17.4 Å². The molecule has 3 aromatic carbocycles. The Bertz CT molecular complexity index is 1310. The third-order valence-corrected chi connectivity index (χ3v) is 5.28. The third kappa shape index (κ3) is 3.83. The number of nitro benzene ring substituents is 1. The molecule has 0 radical (unpaired) electrons. The van der Waals surface area contributed by atoms with Gasteiger partial charge in [-0.15, -0.1) is 0 Å². The van der Waals surface area contributed by atoms with E-state index in [0.717, 1.165) is 4.90 Å². The predicted octanol–water partition coefficient (Wildman–Crippen LogP) is 3.92. The van der Waals surface area contributed by atoms with Crippen molar-refractivity contribution in [2.45, 2.75) is 6.04 Å². The summed E-state index contributed by atoms with van der Waals surface area (Å²) in [5.74, 6) is -3.50. The van der Waals surface area contributed by atoms with Crippen LogP contribution in [0.2, 0.25) is 0 Å². The van der Waals surface area contributed by atoms with Crippen LogP contribution in [0, 0.1) is 10.1 Å². The first-order valence-corrected chi connectivity index (χ1v) is 9.73. The Morgan fingerprint density at radius 3 is 2.15 bits per heavy atom. The number of benzene rings is 3. The molecule has 0 aromatic heterocycles. The molecule has 1 saturated heterocycles. The molecule has 9 heteroatoms. The van der Waals surface area contributed by atoms with Crippen molar-refractivity contribution in [3.63, 3.8) is 0 Å². The highest BCUT2D eigenvalue weighted by atomic mass is 16.6. The molecule has 0 bridgehead atoms. The molecule has 1 amide bonds. The van der Waals surface area contributed by atoms with Crippen LogP contribution in [0.5, 0.6) is 0 Å². The Balaban J connectivity index is 1.94. The molecule has 1 fully saturated rings. The summed E-state index contributed by atoms with van der Waals surface area (Å²) in [5.41, 5.74) is 0.237. The quantitative estimate of drug-likeness (QED) is 0.200. The highest BCUT2D eigenvalue weighted by Gasteiger charge is 2.47. The Labute approximate surface area is 187 Å². The Hall–Kier alpha value is -4.79. The summed E-state index contributed by atoms with van der Waals surface area (Å²) in [7, 11) is 0. The highest BCUT2D eigenvalue weighted by molar-refractivity contribution is 6.51. The van der Waals surface area contributed by atoms with E-state index < -0.39 is 34.4 Å². The van der Waals surface area contributed by atoms with Gasteiger partial charge in [0.15, 0.2) is 0 Å². The number of aromatic carboxylic acids is 1. The molecule has 9 nitrogen and oxygen atoms in total. The van der Waals surface area contributed by atoms with Crippen molar-refractivity contribution in [1.82, 2.24) is 0 Å². The molecule has 0 saturated carbocycles. The molecule has 0 aliphatic carbocycles. The minimum Gasteiger partial charge on any atom is -0.507 e. The van der Waals surface area contributed by atoms with E-state index in [9.17, 15) is 29.6 Å². The lowest BCUT2D eigenvalue weighted by Gasteiger charge is -2.25. The number of Topliss-reactive ketones (excluding diaryl/α,β-unsaturated/α-hetero) is 1. The highest BCUT2D eigenvalue weighted by Crippen LogP contribution is 2.42. The number of non-ortho nitro benzene ring substituents is 1. The first-order valence-electron chi connectivity index (χ1n) is 9.73. The zero-order valence-corrected chi connectivity index (χ0v) is 16.9. The SMILES string of the molecule is O=C1C(=O)N(c2ccc(C(=O)O)cc2)[C@@H](c2cccc([N+](=O)[O-])c2)C1=C(O)c1ccccc1. The number of carbonyl (C=O) groups is 3. The van der Waals surface area contributed by atoms with Gasteiger partial charge in [-0.25, -0.2) is 4.79 Å². The van der Waals surface area contributed by atoms with Gasteiger partial charge in [-0.3, -0.25) is 24.6 Å². The average molecular weight is 444 g/mol. The van der Waals surface area contributed by atoms with Crippen LogP contribution >= 0.6 is 0 Å². The Kier molecular flexibility index (Phi) is 5.45. The number of carboxylic acid groups (broad SMARTS) is 1. The van der Waals surface area contributed by atoms with Crippen molar-refractivity contribution in [3.8, 4) is 0 Å². The second-order valence-corrected chi connectivity index (χ2v) is 7.24. The Morgan fingerprint density at radius 1 is 0.879 bits per heavy atom. The van der Waals surface area contributed by atoms with Gasteiger partial charge >= 0.3 is 5.97 Å². The second-order valence-electron chi connectivity index (χ2n) is 7.24. The van der Waals surface area contributed by atoms with Crippen molar-refractivity contribution >= 4 is 34.8 Å². The number of nitro groups is 1. The standard InChI is InChI=1S/C24H16N2O7/c27-21(14-5-2-1-3-6-14)19-20(16-7-4-8-18(13-16)26(32)33)25(23(29)22(19)28)17-11-9-15(10-12-17)24(30)31/h1-13,20,27H,(H,30,31)/t20-/m0/s1. The summed E-state index contributed by atoms with van der Waals surface area (Å²) in [4.78, 5) is 49.1. The van der Waals surface area contributed by atoms with Crippen LogP contribution in [0.1, 0.15) is 27.5 Å². The molecule has 2 N–H and O–H groups in total. The van der Waals surface area contributed by atoms with Gasteiger partial charge < -0.3 is 10.2 Å². The van der Waals surface area contributed by atoms with E-state index in [2.05, 4.69) is 0 Å². The lowest BCUT2D eigenvalue weighted by atomic mass is 9.94. The van der Waals surface area contributed by atoms with E-state index in [0.29, 0.717) is 5.56 Å². The van der Waals surface area contributed by atoms with Gasteiger partial charge in [0.1, 0.15) is 5.76 Å². The molecular formula is C24H16N2O7. The summed E-state index contributed by atoms with van der Waals surface area (Å²) in [6, 6.07) is 17.7. The van der Waals surface area contributed by atoms with Crippen molar-refractivity contribution in [2.75, 3.05) is 4.90 Å². The minimum absolute atomic E-state index is 0.0217. The van der Waals surface area contributed by atoms with Crippen LogP contribution in [-0.2, 0) is 9.59 Å². The number of nitrogens with zero attached hydrogens (tertiary/aromatic N) is 2. The molecule has 1 atom stereocenters. The van der Waals surface area contributed by atoms with Crippen LogP contribution in [0.25, 0.3) is 5.76 Å². The van der Waals surface area contributed by atoms with Crippen molar-refractivity contribution in [2.24, 2.45) is 0 Å². The molecule has 1 aliphatic rings. The zero-order chi connectivity index (χ0) is 23.7. The molecule has 0 spiro atoms. The molecule has 4 rings (SSSR count). The van der Waals surface area contributed by atoms with Crippen LogP contribution in [0.4, 0.5) is 11.4 Å². The number of anilines is 1. The molecule has 33 heavy (non-hydrogen) atoms. The first-order chi connectivity index (χ1) is 15.8. The smallest absolute Gasteiger partial charge is 0.335 e. The Morgan fingerprint density at radius 2 is 1.55 bits per heavy atom. The molecule has 3 aromatic rings. The average Bonchev–Trinajstić information content (AvgIpc) is 3.09. The monoisotopic (exact) mass is 444 g/mol. The van der Waals surface area contributed by atoms with E-state index in [1.54, 1.807) is 30.3 Å². The number of carbonyl (C=O) groups excluding carboxylic acids is 2. The zero-order valence-electron chi connectivity index (χ0n) is 16.9. The predicted molar refractivity (Wildman–Crippen MR) is 118 cm³/mol. The van der Waals surface area contributed by atoms with E-state index in [1.807, 2.05) is 0 Å². The summed E-state index contributed by atoms with van der Waals surface area (Å²) >= 11 is 0. The number of carboxylic acids is 1. The summed E-state index contributed by atoms with van der Waals surface area (Å²) in [6.45, 7) is 0. The number of hydrogen-bond donors (Lipinski definition) is 2. The van der Waals surface area contributed by atoms with Gasteiger partial charge in [0, 0.05) is 23.4 Å². The normalized spacial score (nSPS) is 17.2. The fraction of sp³-hybridized carbons (Fsp3) is 0.0417. The van der Waals surface area contributed by atoms with Crippen molar-refractivity contribution < 1.29 is 29.5 Å². The number of aliphatic hydroxyl groups excluding tert-OH is 1. The summed E-state index contributed by atoms with van der Waals surface area (Å²) in [6.07, 6.45) is 0. The fourth-order valence-electron chi connectivity index (χ4n) is 3.74. The van der Waals surface area contributed by atoms with Gasteiger partial charge in [0.05, 0.1) is 22.1 Å². The molecule has 0 unspecified atom stereocenters. The van der Waals surface area contributed by atoms with Crippen molar-refractivity contribution in [3.05, 3.63) is 111 Å². The molecule has 1 heterocycles. The van der Waals surface area contributed by atoms with Gasteiger partial charge in [0.2, 0.25) is 0 Å². The van der Waals surface area contributed by atoms with Crippen LogP contribution in [0.3, 0.4) is 0 Å². The van der Waals surface area contributed by atoms with E-state index in [-0.39, 0.29) is 28.1 Å². The third-order valence-electron chi connectivity index (χ3n) is 5.28. The maximum Gasteiger partial charge on any atom is 0.335 e. The summed E-state index contributed by atoms with van der Waals surface area (Å²) in [5, 5.41) is 31.4. The van der Waals surface area contributed by atoms with Gasteiger partial charge in [-0.2, -0.15) is 0 Å². The first kappa shape index (κ1) is 21.4. The number of amides is 1. The topological polar surface area (TPSA) is 138 Å². The van der Waals surface area contributed by atoms with E-state index in [4.69, 9.17) is 5.11 Å². The van der Waals surface area contributed by atoms with Crippen molar-refractivity contribution in [1.29, 1.82) is 0 Å². The largest absolute Gasteiger partial charge is 0.507 e. The lowest BCUT2D eigenvalue weighted by molar-refractivity contribution is -0.384. The summed E-state index contributed by atoms with van der Waals surface area (Å²) < 4.78 is 0. The number of hydrogen-bond acceptors (Lipinski definition) is 6. The second kappa shape index (κ2) is 8.39. The van der Waals surface area contributed by atoms with E-state index in [1.165, 1.54) is 48.5 Å².